The van der Waals surface area contributed by atoms with Crippen LogP contribution >= 0.6 is 22.9 Å². The smallest absolute Gasteiger partial charge is 0.303 e. The van der Waals surface area contributed by atoms with Crippen LogP contribution in [0.3, 0.4) is 0 Å². The molecule has 0 fully saturated rings. The summed E-state index contributed by atoms with van der Waals surface area (Å²) >= 11 is 7.83. The molecule has 0 aliphatic carbocycles. The fourth-order valence-corrected chi connectivity index (χ4v) is 4.02. The van der Waals surface area contributed by atoms with Gasteiger partial charge in [-0.15, -0.1) is 11.3 Å². The van der Waals surface area contributed by atoms with E-state index in [-0.39, 0.29) is 6.42 Å². The molecular weight excluding hydrogens is 386 g/mol. The molecule has 140 valence electrons. The Hall–Kier alpha value is -2.57. The van der Waals surface area contributed by atoms with Gasteiger partial charge >= 0.3 is 5.97 Å². The number of rotatable bonds is 7. The summed E-state index contributed by atoms with van der Waals surface area (Å²) in [6, 6.07) is 11.4. The molecule has 0 saturated carbocycles. The molecule has 5 nitrogen and oxygen atoms in total. The highest BCUT2D eigenvalue weighted by molar-refractivity contribution is 7.19. The predicted octanol–water partition coefficient (Wildman–Crippen LogP) is 5.37. The highest BCUT2D eigenvalue weighted by atomic mass is 35.5. The van der Waals surface area contributed by atoms with Crippen LogP contribution in [0.5, 0.6) is 11.5 Å². The number of benzene rings is 2. The number of allylic oxidation sites excluding steroid dienone is 1. The molecule has 0 unspecified atom stereocenters. The fraction of sp³-hybridized carbons (Fsp3) is 0.200. The molecule has 0 bridgehead atoms. The van der Waals surface area contributed by atoms with Crippen molar-refractivity contribution in [3.63, 3.8) is 0 Å². The Balaban J connectivity index is 2.07. The molecule has 3 aromatic rings. The number of nitrogens with zero attached hydrogens (tertiary/aromatic N) is 1. The number of carboxylic acid groups (broad SMARTS) is 1. The van der Waals surface area contributed by atoms with Gasteiger partial charge in [0.2, 0.25) is 0 Å². The zero-order valence-corrected chi connectivity index (χ0v) is 16.4. The van der Waals surface area contributed by atoms with Crippen molar-refractivity contribution in [2.24, 2.45) is 0 Å². The first kappa shape index (κ1) is 19.2. The maximum atomic E-state index is 11.1. The van der Waals surface area contributed by atoms with E-state index in [0.717, 1.165) is 26.4 Å². The number of fused-ring (bicyclic) bond motifs is 1. The third-order valence-electron chi connectivity index (χ3n) is 3.97. The van der Waals surface area contributed by atoms with E-state index < -0.39 is 5.97 Å². The number of methoxy groups -OCH3 is 2. The summed E-state index contributed by atoms with van der Waals surface area (Å²) in [5.41, 5.74) is 2.52. The molecular formula is C20H18ClNO4S. The number of carboxylic acids is 1. The molecule has 0 amide bonds. The summed E-state index contributed by atoms with van der Waals surface area (Å²) in [7, 11) is 3.07. The van der Waals surface area contributed by atoms with E-state index in [1.54, 1.807) is 19.2 Å². The predicted molar refractivity (Wildman–Crippen MR) is 109 cm³/mol. The summed E-state index contributed by atoms with van der Waals surface area (Å²) in [6.45, 7) is 0. The van der Waals surface area contributed by atoms with Gasteiger partial charge in [-0.25, -0.2) is 4.98 Å². The van der Waals surface area contributed by atoms with Crippen molar-refractivity contribution in [2.75, 3.05) is 14.2 Å². The third-order valence-corrected chi connectivity index (χ3v) is 5.37. The molecule has 7 heteroatoms. The Morgan fingerprint density at radius 1 is 1.22 bits per heavy atom. The quantitative estimate of drug-likeness (QED) is 0.574. The first-order valence-electron chi connectivity index (χ1n) is 8.21. The topological polar surface area (TPSA) is 68.7 Å². The highest BCUT2D eigenvalue weighted by Gasteiger charge is 2.14. The standard InChI is InChI=1S/C20H18ClNO4S/c1-25-16-11-12(10-14(21)19(16)26-2)9-13(7-8-18(23)24)20-22-15-5-3-4-6-17(15)27-20/h3-6,9-11H,7-8H2,1-2H3,(H,23,24)/b13-9-. The van der Waals surface area contributed by atoms with Gasteiger partial charge in [-0.3, -0.25) is 4.79 Å². The van der Waals surface area contributed by atoms with Crippen molar-refractivity contribution in [3.05, 3.63) is 52.0 Å². The second-order valence-corrected chi connectivity index (χ2v) is 7.23. The fourth-order valence-electron chi connectivity index (χ4n) is 2.71. The lowest BCUT2D eigenvalue weighted by Crippen LogP contribution is -1.96. The van der Waals surface area contributed by atoms with Crippen LogP contribution < -0.4 is 9.47 Å². The molecule has 1 heterocycles. The number of hydrogen-bond donors (Lipinski definition) is 1. The Labute approximate surface area is 165 Å². The molecule has 0 aliphatic heterocycles. The highest BCUT2D eigenvalue weighted by Crippen LogP contribution is 2.38. The van der Waals surface area contributed by atoms with Crippen LogP contribution in [0.2, 0.25) is 5.02 Å². The molecule has 0 radical (unpaired) electrons. The van der Waals surface area contributed by atoms with Gasteiger partial charge in [-0.05, 0) is 47.9 Å². The first-order valence-corrected chi connectivity index (χ1v) is 9.41. The lowest BCUT2D eigenvalue weighted by molar-refractivity contribution is -0.136. The summed E-state index contributed by atoms with van der Waals surface area (Å²) < 4.78 is 11.7. The minimum absolute atomic E-state index is 0.0166. The van der Waals surface area contributed by atoms with Crippen molar-refractivity contribution in [3.8, 4) is 11.5 Å². The number of carbonyl (C=O) groups is 1. The van der Waals surface area contributed by atoms with Crippen molar-refractivity contribution in [2.45, 2.75) is 12.8 Å². The average molecular weight is 404 g/mol. The number of halogens is 1. The van der Waals surface area contributed by atoms with Gasteiger partial charge in [-0.2, -0.15) is 0 Å². The molecule has 3 rings (SSSR count). The first-order chi connectivity index (χ1) is 13.0. The van der Waals surface area contributed by atoms with E-state index in [1.165, 1.54) is 18.4 Å². The van der Waals surface area contributed by atoms with Gasteiger partial charge < -0.3 is 14.6 Å². The Bertz CT molecular complexity index is 979. The lowest BCUT2D eigenvalue weighted by atomic mass is 10.1. The number of aromatic nitrogens is 1. The summed E-state index contributed by atoms with van der Waals surface area (Å²) in [6.07, 6.45) is 2.28. The van der Waals surface area contributed by atoms with E-state index in [4.69, 9.17) is 26.2 Å². The number of ether oxygens (including phenoxy) is 2. The molecule has 1 N–H and O–H groups in total. The monoisotopic (exact) mass is 403 g/mol. The zero-order chi connectivity index (χ0) is 19.4. The van der Waals surface area contributed by atoms with Gasteiger partial charge in [0.05, 0.1) is 29.5 Å². The van der Waals surface area contributed by atoms with Crippen LogP contribution in [0.4, 0.5) is 0 Å². The van der Waals surface area contributed by atoms with Crippen LogP contribution in [-0.4, -0.2) is 30.3 Å². The van der Waals surface area contributed by atoms with Gasteiger partial charge in [0.15, 0.2) is 11.5 Å². The largest absolute Gasteiger partial charge is 0.493 e. The third kappa shape index (κ3) is 4.40. The van der Waals surface area contributed by atoms with Gasteiger partial charge in [0, 0.05) is 6.42 Å². The van der Waals surface area contributed by atoms with Gasteiger partial charge in [-0.1, -0.05) is 23.7 Å². The van der Waals surface area contributed by atoms with Crippen molar-refractivity contribution in [1.29, 1.82) is 0 Å². The zero-order valence-electron chi connectivity index (χ0n) is 14.9. The summed E-state index contributed by atoms with van der Waals surface area (Å²) in [5.74, 6) is 0.119. The maximum Gasteiger partial charge on any atom is 0.303 e. The Kier molecular flexibility index (Phi) is 5.98. The van der Waals surface area contributed by atoms with Crippen molar-refractivity contribution < 1.29 is 19.4 Å². The SMILES string of the molecule is COc1cc(/C=C(/CCC(=O)O)c2nc3ccccc3s2)cc(Cl)c1OC. The summed E-state index contributed by atoms with van der Waals surface area (Å²) in [5, 5.41) is 10.3. The van der Waals surface area contributed by atoms with Gasteiger partial charge in [0.25, 0.3) is 0 Å². The summed E-state index contributed by atoms with van der Waals surface area (Å²) in [4.78, 5) is 15.8. The second kappa shape index (κ2) is 8.41. The van der Waals surface area contributed by atoms with E-state index in [0.29, 0.717) is 22.9 Å². The van der Waals surface area contributed by atoms with Crippen LogP contribution in [0, 0.1) is 0 Å². The number of para-hydroxylation sites is 1. The average Bonchev–Trinajstić information content (AvgIpc) is 3.08. The van der Waals surface area contributed by atoms with E-state index in [1.807, 2.05) is 30.3 Å². The Morgan fingerprint density at radius 2 is 2.00 bits per heavy atom. The lowest BCUT2D eigenvalue weighted by Gasteiger charge is -2.11. The normalized spacial score (nSPS) is 11.6. The van der Waals surface area contributed by atoms with Gasteiger partial charge in [0.1, 0.15) is 5.01 Å². The molecule has 27 heavy (non-hydrogen) atoms. The van der Waals surface area contributed by atoms with Crippen LogP contribution in [0.1, 0.15) is 23.4 Å². The molecule has 2 aromatic carbocycles. The second-order valence-electron chi connectivity index (χ2n) is 5.79. The number of hydrogen-bond acceptors (Lipinski definition) is 5. The van der Waals surface area contributed by atoms with Crippen LogP contribution in [0.25, 0.3) is 21.9 Å². The number of thiazole rings is 1. The van der Waals surface area contributed by atoms with E-state index in [9.17, 15) is 4.79 Å². The van der Waals surface area contributed by atoms with E-state index >= 15 is 0 Å². The van der Waals surface area contributed by atoms with Crippen molar-refractivity contribution in [1.82, 2.24) is 4.98 Å². The maximum absolute atomic E-state index is 11.1. The molecule has 0 saturated heterocycles. The molecule has 1 aromatic heterocycles. The molecule has 0 spiro atoms. The van der Waals surface area contributed by atoms with Crippen LogP contribution in [-0.2, 0) is 4.79 Å². The minimum atomic E-state index is -0.854. The Morgan fingerprint density at radius 3 is 2.67 bits per heavy atom. The van der Waals surface area contributed by atoms with Crippen LogP contribution in [0.15, 0.2) is 36.4 Å². The van der Waals surface area contributed by atoms with E-state index in [2.05, 4.69) is 4.98 Å². The van der Waals surface area contributed by atoms with Crippen molar-refractivity contribution >= 4 is 50.8 Å². The minimum Gasteiger partial charge on any atom is -0.493 e. The molecule has 0 atom stereocenters. The number of aliphatic carboxylic acids is 1. The molecule has 0 aliphatic rings.